The minimum absolute atomic E-state index is 0.334. The molecule has 34 heavy (non-hydrogen) atoms. The highest BCUT2D eigenvalue weighted by Crippen LogP contribution is 2.19. The molecule has 0 heterocycles. The van der Waals surface area contributed by atoms with Gasteiger partial charge in [0.25, 0.3) is 0 Å². The predicted molar refractivity (Wildman–Crippen MR) is 144 cm³/mol. The zero-order chi connectivity index (χ0) is 25.1. The Balaban J connectivity index is 3.17. The number of hydrogen-bond acceptors (Lipinski definition) is 2. The van der Waals surface area contributed by atoms with Crippen LogP contribution in [0, 0.1) is 5.92 Å². The number of carbonyl (C=O) groups is 2. The van der Waals surface area contributed by atoms with Crippen molar-refractivity contribution in [2.45, 2.75) is 174 Å². The molecule has 2 N–H and O–H groups in total. The van der Waals surface area contributed by atoms with Gasteiger partial charge in [-0.25, -0.2) is 0 Å². The average Bonchev–Trinajstić information content (AvgIpc) is 2.79. The maximum Gasteiger partial charge on any atom is 0.303 e. The van der Waals surface area contributed by atoms with Crippen molar-refractivity contribution in [2.24, 2.45) is 5.92 Å². The SMILES string of the molecule is CC(CCCCCCCCCCCCCCC(=O)O)CCCCCCCCCCCCC(=O)O. The van der Waals surface area contributed by atoms with E-state index in [0.29, 0.717) is 12.8 Å². The van der Waals surface area contributed by atoms with Crippen molar-refractivity contribution in [3.8, 4) is 0 Å². The van der Waals surface area contributed by atoms with Crippen LogP contribution in [0.15, 0.2) is 0 Å². The summed E-state index contributed by atoms with van der Waals surface area (Å²) in [5, 5.41) is 17.2. The number of carboxylic acid groups (broad SMARTS) is 2. The molecule has 0 aromatic carbocycles. The molecule has 0 aliphatic carbocycles. The molecule has 4 heteroatoms. The van der Waals surface area contributed by atoms with Gasteiger partial charge in [-0.2, -0.15) is 0 Å². The first-order valence-electron chi connectivity index (χ1n) is 15.0. The average molecular weight is 483 g/mol. The van der Waals surface area contributed by atoms with Gasteiger partial charge in [0, 0.05) is 12.8 Å². The minimum Gasteiger partial charge on any atom is -0.481 e. The van der Waals surface area contributed by atoms with Gasteiger partial charge in [0.15, 0.2) is 0 Å². The summed E-state index contributed by atoms with van der Waals surface area (Å²) in [6.07, 6.45) is 31.5. The first-order chi connectivity index (χ1) is 16.5. The molecule has 0 saturated heterocycles. The third kappa shape index (κ3) is 29.0. The Kier molecular flexibility index (Phi) is 25.7. The highest BCUT2D eigenvalue weighted by molar-refractivity contribution is 5.66. The molecule has 0 saturated carbocycles. The van der Waals surface area contributed by atoms with E-state index in [9.17, 15) is 9.59 Å². The third-order valence-corrected chi connectivity index (χ3v) is 7.18. The van der Waals surface area contributed by atoms with Crippen LogP contribution in [0.25, 0.3) is 0 Å². The van der Waals surface area contributed by atoms with Crippen LogP contribution in [0.1, 0.15) is 174 Å². The van der Waals surface area contributed by atoms with E-state index in [1.165, 1.54) is 128 Å². The number of carboxylic acids is 2. The van der Waals surface area contributed by atoms with E-state index in [4.69, 9.17) is 10.2 Å². The van der Waals surface area contributed by atoms with Crippen LogP contribution in [0.5, 0.6) is 0 Å². The van der Waals surface area contributed by atoms with Crippen molar-refractivity contribution >= 4 is 11.9 Å². The van der Waals surface area contributed by atoms with E-state index in [0.717, 1.165) is 31.6 Å². The monoisotopic (exact) mass is 482 g/mol. The second-order valence-corrected chi connectivity index (χ2v) is 10.7. The molecule has 0 aliphatic rings. The van der Waals surface area contributed by atoms with E-state index in [1.807, 2.05) is 0 Å². The van der Waals surface area contributed by atoms with Crippen LogP contribution < -0.4 is 0 Å². The minimum atomic E-state index is -0.660. The van der Waals surface area contributed by atoms with Crippen LogP contribution in [0.4, 0.5) is 0 Å². The van der Waals surface area contributed by atoms with Crippen LogP contribution in [-0.2, 0) is 9.59 Å². The molecule has 0 bridgehead atoms. The summed E-state index contributed by atoms with van der Waals surface area (Å²) < 4.78 is 0. The molecule has 0 amide bonds. The Labute approximate surface area is 211 Å². The Hall–Kier alpha value is -1.06. The van der Waals surface area contributed by atoms with E-state index in [1.54, 1.807) is 0 Å². The maximum absolute atomic E-state index is 10.5. The van der Waals surface area contributed by atoms with E-state index in [-0.39, 0.29) is 0 Å². The molecular weight excluding hydrogens is 424 g/mol. The lowest BCUT2D eigenvalue weighted by atomic mass is 9.95. The van der Waals surface area contributed by atoms with Crippen molar-refractivity contribution in [1.82, 2.24) is 0 Å². The van der Waals surface area contributed by atoms with Crippen LogP contribution >= 0.6 is 0 Å². The zero-order valence-corrected chi connectivity index (χ0v) is 22.7. The summed E-state index contributed by atoms with van der Waals surface area (Å²) in [5.41, 5.74) is 0. The molecule has 0 rings (SSSR count). The Bertz CT molecular complexity index is 449. The largest absolute Gasteiger partial charge is 0.481 e. The number of aliphatic carboxylic acids is 2. The molecule has 202 valence electrons. The van der Waals surface area contributed by atoms with Crippen LogP contribution in [0.2, 0.25) is 0 Å². The lowest BCUT2D eigenvalue weighted by Crippen LogP contribution is -1.95. The van der Waals surface area contributed by atoms with Crippen molar-refractivity contribution in [3.63, 3.8) is 0 Å². The molecule has 0 aromatic rings. The predicted octanol–water partition coefficient (Wildman–Crippen LogP) is 9.93. The van der Waals surface area contributed by atoms with Gasteiger partial charge in [0.05, 0.1) is 0 Å². The molecule has 1 atom stereocenters. The highest BCUT2D eigenvalue weighted by Gasteiger charge is 2.03. The molecule has 0 spiro atoms. The highest BCUT2D eigenvalue weighted by atomic mass is 16.4. The van der Waals surface area contributed by atoms with Gasteiger partial charge in [-0.3, -0.25) is 9.59 Å². The summed E-state index contributed by atoms with van der Waals surface area (Å²) >= 11 is 0. The number of unbranched alkanes of at least 4 members (excludes halogenated alkanes) is 20. The molecular formula is C30H58O4. The Morgan fingerprint density at radius 3 is 0.853 bits per heavy atom. The van der Waals surface area contributed by atoms with Gasteiger partial charge in [-0.1, -0.05) is 148 Å². The van der Waals surface area contributed by atoms with Gasteiger partial charge in [0.2, 0.25) is 0 Å². The van der Waals surface area contributed by atoms with Crippen molar-refractivity contribution < 1.29 is 19.8 Å². The summed E-state index contributed by atoms with van der Waals surface area (Å²) in [4.78, 5) is 20.9. The smallest absolute Gasteiger partial charge is 0.303 e. The van der Waals surface area contributed by atoms with Crippen molar-refractivity contribution in [1.29, 1.82) is 0 Å². The summed E-state index contributed by atoms with van der Waals surface area (Å²) in [5.74, 6) is -0.429. The quantitative estimate of drug-likeness (QED) is 0.109. The first kappa shape index (κ1) is 32.9. The maximum atomic E-state index is 10.5. The van der Waals surface area contributed by atoms with Gasteiger partial charge < -0.3 is 10.2 Å². The molecule has 0 radical (unpaired) electrons. The molecule has 4 nitrogen and oxygen atoms in total. The zero-order valence-electron chi connectivity index (χ0n) is 22.7. The summed E-state index contributed by atoms with van der Waals surface area (Å²) in [6.45, 7) is 2.44. The molecule has 0 aromatic heterocycles. The fraction of sp³-hybridized carbons (Fsp3) is 0.933. The first-order valence-corrected chi connectivity index (χ1v) is 15.0. The van der Waals surface area contributed by atoms with Crippen LogP contribution in [0.3, 0.4) is 0 Å². The summed E-state index contributed by atoms with van der Waals surface area (Å²) in [7, 11) is 0. The van der Waals surface area contributed by atoms with Gasteiger partial charge >= 0.3 is 11.9 Å². The van der Waals surface area contributed by atoms with Gasteiger partial charge in [-0.15, -0.1) is 0 Å². The molecule has 0 aliphatic heterocycles. The van der Waals surface area contributed by atoms with Gasteiger partial charge in [-0.05, 0) is 18.8 Å². The standard InChI is InChI=1S/C30H58O4/c1-28(25-21-17-13-9-6-7-11-15-19-23-27-30(33)34)24-20-16-12-8-4-2-3-5-10-14-18-22-26-29(31)32/h28H,2-27H2,1H3,(H,31,32)(H,33,34). The number of rotatable bonds is 28. The lowest BCUT2D eigenvalue weighted by molar-refractivity contribution is -0.138. The lowest BCUT2D eigenvalue weighted by Gasteiger charge is -2.11. The Morgan fingerprint density at radius 1 is 0.412 bits per heavy atom. The van der Waals surface area contributed by atoms with E-state index >= 15 is 0 Å². The van der Waals surface area contributed by atoms with Crippen molar-refractivity contribution in [2.75, 3.05) is 0 Å². The molecule has 1 unspecified atom stereocenters. The second-order valence-electron chi connectivity index (χ2n) is 10.7. The summed E-state index contributed by atoms with van der Waals surface area (Å²) in [6, 6.07) is 0. The number of hydrogen-bond donors (Lipinski definition) is 2. The van der Waals surface area contributed by atoms with Crippen LogP contribution in [-0.4, -0.2) is 22.2 Å². The van der Waals surface area contributed by atoms with E-state index < -0.39 is 11.9 Å². The van der Waals surface area contributed by atoms with Gasteiger partial charge in [0.1, 0.15) is 0 Å². The normalized spacial score (nSPS) is 12.1. The second kappa shape index (κ2) is 26.5. The van der Waals surface area contributed by atoms with Crippen molar-refractivity contribution in [3.05, 3.63) is 0 Å². The topological polar surface area (TPSA) is 74.6 Å². The third-order valence-electron chi connectivity index (χ3n) is 7.18. The van der Waals surface area contributed by atoms with E-state index in [2.05, 4.69) is 6.92 Å². The Morgan fingerprint density at radius 2 is 0.618 bits per heavy atom. The fourth-order valence-electron chi connectivity index (χ4n) is 4.86. The fourth-order valence-corrected chi connectivity index (χ4v) is 4.86. The molecule has 0 fully saturated rings.